The minimum atomic E-state index is -0.00593. The highest BCUT2D eigenvalue weighted by Gasteiger charge is 2.23. The molecule has 1 saturated heterocycles. The van der Waals surface area contributed by atoms with E-state index in [9.17, 15) is 9.59 Å². The summed E-state index contributed by atoms with van der Waals surface area (Å²) in [4.78, 5) is 28.6. The Morgan fingerprint density at radius 3 is 2.39 bits per heavy atom. The van der Waals surface area contributed by atoms with Crippen molar-refractivity contribution in [2.75, 3.05) is 39.3 Å². The van der Waals surface area contributed by atoms with Crippen LogP contribution in [-0.2, 0) is 4.79 Å². The maximum Gasteiger partial charge on any atom is 0.254 e. The maximum absolute atomic E-state index is 12.8. The lowest BCUT2D eigenvalue weighted by Crippen LogP contribution is -2.51. The van der Waals surface area contributed by atoms with Gasteiger partial charge in [0.25, 0.3) is 5.91 Å². The summed E-state index contributed by atoms with van der Waals surface area (Å²) < 4.78 is 5.83. The summed E-state index contributed by atoms with van der Waals surface area (Å²) in [7, 11) is 0. The lowest BCUT2D eigenvalue weighted by atomic mass is 10.1. The molecule has 2 aromatic carbocycles. The molecule has 0 bridgehead atoms. The molecule has 6 heteroatoms. The zero-order valence-electron chi connectivity index (χ0n) is 16.3. The quantitative estimate of drug-likeness (QED) is 0.801. The van der Waals surface area contributed by atoms with E-state index < -0.39 is 0 Å². The number of piperazine rings is 1. The lowest BCUT2D eigenvalue weighted by Gasteiger charge is -2.34. The summed E-state index contributed by atoms with van der Waals surface area (Å²) in [6.07, 6.45) is 0.932. The van der Waals surface area contributed by atoms with Crippen LogP contribution < -0.4 is 10.1 Å². The van der Waals surface area contributed by atoms with Crippen molar-refractivity contribution in [1.29, 1.82) is 0 Å². The van der Waals surface area contributed by atoms with E-state index >= 15 is 0 Å². The van der Waals surface area contributed by atoms with Gasteiger partial charge >= 0.3 is 0 Å². The smallest absolute Gasteiger partial charge is 0.254 e. The highest BCUT2D eigenvalue weighted by molar-refractivity contribution is 5.94. The van der Waals surface area contributed by atoms with Crippen LogP contribution in [0.5, 0.6) is 11.5 Å². The van der Waals surface area contributed by atoms with E-state index in [4.69, 9.17) is 4.74 Å². The molecule has 0 saturated carbocycles. The second kappa shape index (κ2) is 9.90. The van der Waals surface area contributed by atoms with Crippen molar-refractivity contribution in [2.24, 2.45) is 0 Å². The summed E-state index contributed by atoms with van der Waals surface area (Å²) in [5.41, 5.74) is 0.613. The molecule has 2 aromatic rings. The van der Waals surface area contributed by atoms with Gasteiger partial charge in [-0.25, -0.2) is 0 Å². The van der Waals surface area contributed by atoms with Crippen LogP contribution in [0.2, 0.25) is 0 Å². The summed E-state index contributed by atoms with van der Waals surface area (Å²) in [6, 6.07) is 16.8. The normalized spacial score (nSPS) is 14.5. The molecular weight excluding hydrogens is 354 g/mol. The van der Waals surface area contributed by atoms with E-state index in [2.05, 4.69) is 10.2 Å². The van der Waals surface area contributed by atoms with Gasteiger partial charge in [-0.1, -0.05) is 31.2 Å². The Hall–Kier alpha value is -2.86. The molecule has 1 N–H and O–H groups in total. The SMILES string of the molecule is CCCNC(=O)CN1CCN(C(=O)c2cccc(Oc3ccccc3)c2)CC1. The van der Waals surface area contributed by atoms with E-state index in [1.165, 1.54) is 0 Å². The first-order valence-electron chi connectivity index (χ1n) is 9.77. The van der Waals surface area contributed by atoms with Crippen LogP contribution in [0.3, 0.4) is 0 Å². The number of ether oxygens (including phenoxy) is 1. The van der Waals surface area contributed by atoms with Crippen LogP contribution in [0.15, 0.2) is 54.6 Å². The van der Waals surface area contributed by atoms with Gasteiger partial charge in [-0.15, -0.1) is 0 Å². The van der Waals surface area contributed by atoms with E-state index in [-0.39, 0.29) is 11.8 Å². The maximum atomic E-state index is 12.8. The second-order valence-corrected chi connectivity index (χ2v) is 6.86. The van der Waals surface area contributed by atoms with Crippen LogP contribution in [0.1, 0.15) is 23.7 Å². The van der Waals surface area contributed by atoms with Gasteiger partial charge in [-0.2, -0.15) is 0 Å². The number of nitrogens with zero attached hydrogens (tertiary/aromatic N) is 2. The van der Waals surface area contributed by atoms with Crippen molar-refractivity contribution >= 4 is 11.8 Å². The Labute approximate surface area is 166 Å². The molecule has 148 valence electrons. The number of hydrogen-bond acceptors (Lipinski definition) is 4. The first-order valence-corrected chi connectivity index (χ1v) is 9.77. The molecule has 3 rings (SSSR count). The summed E-state index contributed by atoms with van der Waals surface area (Å²) in [5.74, 6) is 1.42. The predicted molar refractivity (Wildman–Crippen MR) is 109 cm³/mol. The minimum absolute atomic E-state index is 0.00593. The van der Waals surface area contributed by atoms with Gasteiger partial charge in [0, 0.05) is 38.3 Å². The fraction of sp³-hybridized carbons (Fsp3) is 0.364. The largest absolute Gasteiger partial charge is 0.457 e. The first kappa shape index (κ1) is 19.9. The number of benzene rings is 2. The number of hydrogen-bond donors (Lipinski definition) is 1. The van der Waals surface area contributed by atoms with Crippen molar-refractivity contribution in [1.82, 2.24) is 15.1 Å². The van der Waals surface area contributed by atoms with Crippen LogP contribution in [0.25, 0.3) is 0 Å². The Morgan fingerprint density at radius 2 is 1.68 bits per heavy atom. The topological polar surface area (TPSA) is 61.9 Å². The predicted octanol–water partition coefficient (Wildman–Crippen LogP) is 2.76. The Bertz CT molecular complexity index is 787. The van der Waals surface area contributed by atoms with Crippen molar-refractivity contribution in [3.05, 3.63) is 60.2 Å². The number of amides is 2. The highest BCUT2D eigenvalue weighted by Crippen LogP contribution is 2.22. The van der Waals surface area contributed by atoms with Crippen molar-refractivity contribution in [2.45, 2.75) is 13.3 Å². The number of rotatable bonds is 7. The Kier molecular flexibility index (Phi) is 7.03. The molecule has 28 heavy (non-hydrogen) atoms. The number of carbonyl (C=O) groups is 2. The molecule has 0 spiro atoms. The monoisotopic (exact) mass is 381 g/mol. The molecular formula is C22H27N3O3. The third-order valence-electron chi connectivity index (χ3n) is 4.66. The Morgan fingerprint density at radius 1 is 0.964 bits per heavy atom. The molecule has 0 atom stereocenters. The first-order chi connectivity index (χ1) is 13.7. The molecule has 2 amide bonds. The number of para-hydroxylation sites is 1. The van der Waals surface area contributed by atoms with Crippen LogP contribution in [-0.4, -0.2) is 60.9 Å². The van der Waals surface area contributed by atoms with Gasteiger partial charge in [-0.05, 0) is 36.8 Å². The lowest BCUT2D eigenvalue weighted by molar-refractivity contribution is -0.122. The molecule has 6 nitrogen and oxygen atoms in total. The van der Waals surface area contributed by atoms with Gasteiger partial charge in [-0.3, -0.25) is 14.5 Å². The molecule has 0 aromatic heterocycles. The summed E-state index contributed by atoms with van der Waals surface area (Å²) in [5, 5.41) is 2.89. The van der Waals surface area contributed by atoms with E-state index in [0.29, 0.717) is 50.6 Å². The molecule has 0 unspecified atom stereocenters. The second-order valence-electron chi connectivity index (χ2n) is 6.86. The molecule has 1 aliphatic heterocycles. The minimum Gasteiger partial charge on any atom is -0.457 e. The van der Waals surface area contributed by atoms with Gasteiger partial charge in [0.1, 0.15) is 11.5 Å². The van der Waals surface area contributed by atoms with Crippen LogP contribution in [0.4, 0.5) is 0 Å². The zero-order chi connectivity index (χ0) is 19.8. The standard InChI is InChI=1S/C22H27N3O3/c1-2-11-23-21(26)17-24-12-14-25(15-13-24)22(27)18-7-6-10-20(16-18)28-19-8-4-3-5-9-19/h3-10,16H,2,11-15,17H2,1H3,(H,23,26). The highest BCUT2D eigenvalue weighted by atomic mass is 16.5. The van der Waals surface area contributed by atoms with Crippen molar-refractivity contribution in [3.63, 3.8) is 0 Å². The molecule has 0 radical (unpaired) electrons. The van der Waals surface area contributed by atoms with Crippen LogP contribution >= 0.6 is 0 Å². The van der Waals surface area contributed by atoms with Gasteiger partial charge in [0.15, 0.2) is 0 Å². The average molecular weight is 381 g/mol. The fourth-order valence-electron chi connectivity index (χ4n) is 3.13. The third kappa shape index (κ3) is 5.57. The molecule has 1 fully saturated rings. The van der Waals surface area contributed by atoms with E-state index in [0.717, 1.165) is 12.2 Å². The van der Waals surface area contributed by atoms with Gasteiger partial charge < -0.3 is 15.0 Å². The average Bonchev–Trinajstić information content (AvgIpc) is 2.73. The zero-order valence-corrected chi connectivity index (χ0v) is 16.3. The van der Waals surface area contributed by atoms with E-state index in [1.54, 1.807) is 6.07 Å². The van der Waals surface area contributed by atoms with Crippen molar-refractivity contribution in [3.8, 4) is 11.5 Å². The number of carbonyl (C=O) groups excluding carboxylic acids is 2. The molecule has 1 heterocycles. The van der Waals surface area contributed by atoms with Crippen molar-refractivity contribution < 1.29 is 14.3 Å². The molecule has 0 aliphatic carbocycles. The van der Waals surface area contributed by atoms with Gasteiger partial charge in [0.05, 0.1) is 6.54 Å². The van der Waals surface area contributed by atoms with E-state index in [1.807, 2.05) is 60.4 Å². The molecule has 1 aliphatic rings. The fourth-order valence-corrected chi connectivity index (χ4v) is 3.13. The summed E-state index contributed by atoms with van der Waals surface area (Å²) in [6.45, 7) is 5.76. The number of nitrogens with one attached hydrogen (secondary N) is 1. The van der Waals surface area contributed by atoms with Crippen LogP contribution in [0, 0.1) is 0 Å². The third-order valence-corrected chi connectivity index (χ3v) is 4.66. The summed E-state index contributed by atoms with van der Waals surface area (Å²) >= 11 is 0. The Balaban J connectivity index is 1.54. The van der Waals surface area contributed by atoms with Gasteiger partial charge in [0.2, 0.25) is 5.91 Å².